The molecular weight excluding hydrogens is 324 g/mol. The molecule has 1 rings (SSSR count). The molecule has 1 unspecified atom stereocenters. The van der Waals surface area contributed by atoms with Crippen LogP contribution >= 0.6 is 0 Å². The van der Waals surface area contributed by atoms with Gasteiger partial charge in [0.05, 0.1) is 12.0 Å². The summed E-state index contributed by atoms with van der Waals surface area (Å²) in [5.41, 5.74) is 6.57. The van der Waals surface area contributed by atoms with Gasteiger partial charge in [-0.1, -0.05) is 32.0 Å². The maximum Gasteiger partial charge on any atom is 0.333 e. The Balaban J connectivity index is 2.60. The molecule has 0 aliphatic heterocycles. The Kier molecular flexibility index (Phi) is 8.07. The number of esters is 3. The average molecular weight is 350 g/mol. The Bertz CT molecular complexity index is 586. The second-order valence-corrected chi connectivity index (χ2v) is 6.29. The van der Waals surface area contributed by atoms with Gasteiger partial charge in [0, 0.05) is 5.69 Å². The number of nitrogens with two attached hydrogens (primary N) is 1. The maximum atomic E-state index is 12.1. The zero-order valence-electron chi connectivity index (χ0n) is 15.0. The Morgan fingerprint density at radius 3 is 2.16 bits per heavy atom. The Morgan fingerprint density at radius 2 is 1.64 bits per heavy atom. The van der Waals surface area contributed by atoms with Gasteiger partial charge in [-0.3, -0.25) is 4.79 Å². The first-order valence-corrected chi connectivity index (χ1v) is 8.21. The third-order valence-corrected chi connectivity index (χ3v) is 3.43. The molecule has 0 fully saturated rings. The lowest BCUT2D eigenvalue weighted by Crippen LogP contribution is -2.47. The van der Waals surface area contributed by atoms with Gasteiger partial charge in [-0.05, 0) is 31.9 Å². The van der Waals surface area contributed by atoms with Crippen molar-refractivity contribution in [3.05, 3.63) is 30.3 Å². The standard InChI is InChI=1S/C18H26N2O5/c1-11(2)15(17(22)24-12(3)4)16(19)18(23)25-14(21)10-20-13-8-6-5-7-9-13/h5-9,11-12,15-16,20H,10,19H2,1-4H3/t15?,16-/m0/s1. The van der Waals surface area contributed by atoms with Gasteiger partial charge in [0.1, 0.15) is 12.6 Å². The van der Waals surface area contributed by atoms with Crippen LogP contribution in [0.15, 0.2) is 30.3 Å². The first-order chi connectivity index (χ1) is 11.7. The molecule has 0 radical (unpaired) electrons. The Hall–Kier alpha value is -2.41. The molecule has 0 saturated heterocycles. The number of nitrogens with one attached hydrogen (secondary N) is 1. The van der Waals surface area contributed by atoms with Gasteiger partial charge >= 0.3 is 17.9 Å². The van der Waals surface area contributed by atoms with Crippen LogP contribution in [0.4, 0.5) is 5.69 Å². The molecular formula is C18H26N2O5. The van der Waals surface area contributed by atoms with Gasteiger partial charge in [0.25, 0.3) is 0 Å². The first kappa shape index (κ1) is 20.6. The zero-order chi connectivity index (χ0) is 19.0. The highest BCUT2D eigenvalue weighted by Crippen LogP contribution is 2.18. The number of hydrogen-bond donors (Lipinski definition) is 2. The summed E-state index contributed by atoms with van der Waals surface area (Å²) in [6, 6.07) is 7.74. The smallest absolute Gasteiger partial charge is 0.333 e. The molecule has 0 aromatic heterocycles. The second kappa shape index (κ2) is 9.78. The van der Waals surface area contributed by atoms with Crippen LogP contribution in [-0.4, -0.2) is 36.6 Å². The summed E-state index contributed by atoms with van der Waals surface area (Å²) in [6.07, 6.45) is -0.325. The number of rotatable bonds is 8. The highest BCUT2D eigenvalue weighted by atomic mass is 16.6. The van der Waals surface area contributed by atoms with Crippen LogP contribution in [0.1, 0.15) is 27.7 Å². The molecule has 138 valence electrons. The average Bonchev–Trinajstić information content (AvgIpc) is 2.52. The van der Waals surface area contributed by atoms with Crippen molar-refractivity contribution >= 4 is 23.6 Å². The van der Waals surface area contributed by atoms with E-state index in [0.29, 0.717) is 0 Å². The normalized spacial score (nSPS) is 13.2. The van der Waals surface area contributed by atoms with E-state index in [1.54, 1.807) is 39.8 Å². The third kappa shape index (κ3) is 6.93. The summed E-state index contributed by atoms with van der Waals surface area (Å²) >= 11 is 0. The molecule has 0 amide bonds. The number of benzene rings is 1. The van der Waals surface area contributed by atoms with Crippen LogP contribution in [0, 0.1) is 11.8 Å². The van der Waals surface area contributed by atoms with Crippen molar-refractivity contribution in [1.82, 2.24) is 0 Å². The summed E-state index contributed by atoms with van der Waals surface area (Å²) in [6.45, 7) is 6.72. The number of carbonyl (C=O) groups is 3. The molecule has 1 aromatic rings. The van der Waals surface area contributed by atoms with Crippen molar-refractivity contribution in [2.75, 3.05) is 11.9 Å². The van der Waals surface area contributed by atoms with Gasteiger partial charge < -0.3 is 20.5 Å². The van der Waals surface area contributed by atoms with E-state index in [4.69, 9.17) is 15.2 Å². The van der Waals surface area contributed by atoms with E-state index in [1.165, 1.54) is 0 Å². The fourth-order valence-electron chi connectivity index (χ4n) is 2.24. The third-order valence-electron chi connectivity index (χ3n) is 3.43. The fraction of sp³-hybridized carbons (Fsp3) is 0.500. The topological polar surface area (TPSA) is 108 Å². The van der Waals surface area contributed by atoms with Crippen molar-refractivity contribution in [1.29, 1.82) is 0 Å². The molecule has 0 aliphatic rings. The quantitative estimate of drug-likeness (QED) is 0.543. The minimum absolute atomic E-state index is 0.189. The summed E-state index contributed by atoms with van der Waals surface area (Å²) in [5, 5.41) is 2.83. The minimum atomic E-state index is -1.27. The maximum absolute atomic E-state index is 12.1. The lowest BCUT2D eigenvalue weighted by atomic mass is 9.89. The van der Waals surface area contributed by atoms with E-state index in [1.807, 2.05) is 18.2 Å². The largest absolute Gasteiger partial charge is 0.463 e. The van der Waals surface area contributed by atoms with E-state index < -0.39 is 29.9 Å². The molecule has 0 heterocycles. The number of hydrogen-bond acceptors (Lipinski definition) is 7. The highest BCUT2D eigenvalue weighted by molar-refractivity contribution is 5.92. The molecule has 25 heavy (non-hydrogen) atoms. The predicted octanol–water partition coefficient (Wildman–Crippen LogP) is 1.72. The minimum Gasteiger partial charge on any atom is -0.463 e. The van der Waals surface area contributed by atoms with Crippen molar-refractivity contribution in [3.63, 3.8) is 0 Å². The van der Waals surface area contributed by atoms with Crippen molar-refractivity contribution in [3.8, 4) is 0 Å². The summed E-state index contributed by atoms with van der Waals surface area (Å²) in [5.74, 6) is -3.43. The van der Waals surface area contributed by atoms with Crippen LogP contribution in [0.2, 0.25) is 0 Å². The van der Waals surface area contributed by atoms with Gasteiger partial charge in [-0.2, -0.15) is 0 Å². The van der Waals surface area contributed by atoms with Crippen LogP contribution < -0.4 is 11.1 Å². The second-order valence-electron chi connectivity index (χ2n) is 6.29. The van der Waals surface area contributed by atoms with E-state index in [2.05, 4.69) is 5.32 Å². The molecule has 7 nitrogen and oxygen atoms in total. The molecule has 1 aromatic carbocycles. The molecule has 0 spiro atoms. The summed E-state index contributed by atoms with van der Waals surface area (Å²) in [7, 11) is 0. The molecule has 0 saturated carbocycles. The van der Waals surface area contributed by atoms with Gasteiger partial charge in [-0.15, -0.1) is 0 Å². The summed E-state index contributed by atoms with van der Waals surface area (Å²) in [4.78, 5) is 36.0. The van der Waals surface area contributed by atoms with E-state index in [9.17, 15) is 14.4 Å². The number of anilines is 1. The molecule has 7 heteroatoms. The number of carbonyl (C=O) groups excluding carboxylic acids is 3. The lowest BCUT2D eigenvalue weighted by molar-refractivity contribution is -0.166. The van der Waals surface area contributed by atoms with Gasteiger partial charge in [-0.25, -0.2) is 9.59 Å². The number of para-hydroxylation sites is 1. The van der Waals surface area contributed by atoms with Crippen molar-refractivity contribution in [2.45, 2.75) is 39.8 Å². The molecule has 0 aliphatic carbocycles. The van der Waals surface area contributed by atoms with Gasteiger partial charge in [0.2, 0.25) is 0 Å². The Labute approximate surface area is 147 Å². The summed E-state index contributed by atoms with van der Waals surface area (Å²) < 4.78 is 9.88. The Morgan fingerprint density at radius 1 is 1.04 bits per heavy atom. The molecule has 2 atom stereocenters. The van der Waals surface area contributed by atoms with E-state index >= 15 is 0 Å². The monoisotopic (exact) mass is 350 g/mol. The first-order valence-electron chi connectivity index (χ1n) is 8.21. The molecule has 3 N–H and O–H groups in total. The van der Waals surface area contributed by atoms with Gasteiger partial charge in [0.15, 0.2) is 0 Å². The lowest BCUT2D eigenvalue weighted by Gasteiger charge is -2.24. The van der Waals surface area contributed by atoms with Crippen molar-refractivity contribution < 1.29 is 23.9 Å². The fourth-order valence-corrected chi connectivity index (χ4v) is 2.24. The van der Waals surface area contributed by atoms with Crippen LogP contribution in [-0.2, 0) is 23.9 Å². The van der Waals surface area contributed by atoms with Crippen LogP contribution in [0.5, 0.6) is 0 Å². The van der Waals surface area contributed by atoms with Crippen molar-refractivity contribution in [2.24, 2.45) is 17.6 Å². The van der Waals surface area contributed by atoms with Crippen LogP contribution in [0.25, 0.3) is 0 Å². The predicted molar refractivity (Wildman–Crippen MR) is 93.6 cm³/mol. The highest BCUT2D eigenvalue weighted by Gasteiger charge is 2.36. The van der Waals surface area contributed by atoms with E-state index in [-0.39, 0.29) is 18.6 Å². The molecule has 0 bridgehead atoms. The van der Waals surface area contributed by atoms with E-state index in [0.717, 1.165) is 5.69 Å². The SMILES string of the molecule is CC(C)OC(=O)C(C(C)C)[C@H](N)C(=O)OC(=O)CNc1ccccc1. The zero-order valence-corrected chi connectivity index (χ0v) is 15.0. The number of ether oxygens (including phenoxy) is 2. The van der Waals surface area contributed by atoms with Crippen LogP contribution in [0.3, 0.4) is 0 Å².